The van der Waals surface area contributed by atoms with Gasteiger partial charge in [-0.1, -0.05) is 54.0 Å². The molecule has 0 spiro atoms. The highest BCUT2D eigenvalue weighted by molar-refractivity contribution is 5.84. The first kappa shape index (κ1) is 37.2. The zero-order chi connectivity index (χ0) is 36.6. The lowest BCUT2D eigenvalue weighted by atomic mass is 9.69. The Morgan fingerprint density at radius 1 is 1.00 bits per heavy atom. The summed E-state index contributed by atoms with van der Waals surface area (Å²) in [5, 5.41) is 11.2. The summed E-state index contributed by atoms with van der Waals surface area (Å²) in [5.41, 5.74) is 7.01. The number of aliphatic carboxylic acids is 1. The highest BCUT2D eigenvalue weighted by Crippen LogP contribution is 2.47. The number of ether oxygens (including phenoxy) is 2. The van der Waals surface area contributed by atoms with Crippen molar-refractivity contribution in [3.8, 4) is 11.5 Å². The van der Waals surface area contributed by atoms with Gasteiger partial charge >= 0.3 is 12.1 Å². The third kappa shape index (κ3) is 8.27. The van der Waals surface area contributed by atoms with Gasteiger partial charge in [-0.15, -0.1) is 0 Å². The van der Waals surface area contributed by atoms with Crippen molar-refractivity contribution in [3.05, 3.63) is 75.2 Å². The SMILES string of the molecule is CCOC(=O)CCCCCn1ccnc1C1=c2cc3c(cc2Oc2cc4c(cc21)C(C)CC(C)(C)C4)=CC(C)(C)CC3C.O=C([O-])C(F)(F)F. The second-order valence-corrected chi connectivity index (χ2v) is 15.5. The van der Waals surface area contributed by atoms with Gasteiger partial charge in [0.25, 0.3) is 0 Å². The summed E-state index contributed by atoms with van der Waals surface area (Å²) in [5.74, 6) is 0.711. The van der Waals surface area contributed by atoms with Gasteiger partial charge in [-0.3, -0.25) is 4.79 Å². The van der Waals surface area contributed by atoms with Crippen LogP contribution in [0.3, 0.4) is 0 Å². The van der Waals surface area contributed by atoms with Crippen LogP contribution < -0.4 is 20.3 Å². The molecule has 2 atom stereocenters. The maximum atomic E-state index is 11.8. The minimum Gasteiger partial charge on any atom is -0.542 e. The molecule has 7 nitrogen and oxygen atoms in total. The molecule has 0 radical (unpaired) electrons. The lowest BCUT2D eigenvalue weighted by molar-refractivity contribution is -0.344. The molecule has 6 rings (SSSR count). The zero-order valence-corrected chi connectivity index (χ0v) is 30.1. The van der Waals surface area contributed by atoms with E-state index in [4.69, 9.17) is 24.4 Å². The number of benzene rings is 2. The van der Waals surface area contributed by atoms with Crippen LogP contribution in [0.2, 0.25) is 0 Å². The van der Waals surface area contributed by atoms with Gasteiger partial charge in [0, 0.05) is 41.7 Å². The predicted molar refractivity (Wildman–Crippen MR) is 184 cm³/mol. The Bertz CT molecular complexity index is 1890. The molecule has 2 unspecified atom stereocenters. The van der Waals surface area contributed by atoms with E-state index >= 15 is 0 Å². The number of rotatable bonds is 8. The first-order chi connectivity index (χ1) is 23.4. The molecule has 50 heavy (non-hydrogen) atoms. The van der Waals surface area contributed by atoms with E-state index < -0.39 is 12.1 Å². The van der Waals surface area contributed by atoms with Crippen molar-refractivity contribution >= 4 is 23.6 Å². The summed E-state index contributed by atoms with van der Waals surface area (Å²) in [6.45, 7) is 17.3. The summed E-state index contributed by atoms with van der Waals surface area (Å²) in [4.78, 5) is 25.6. The van der Waals surface area contributed by atoms with Crippen LogP contribution in [0.15, 0.2) is 36.7 Å². The van der Waals surface area contributed by atoms with E-state index in [2.05, 4.69) is 82.6 Å². The average Bonchev–Trinajstić information content (AvgIpc) is 3.45. The van der Waals surface area contributed by atoms with Crippen molar-refractivity contribution in [2.45, 2.75) is 118 Å². The zero-order valence-electron chi connectivity index (χ0n) is 30.1. The van der Waals surface area contributed by atoms with Gasteiger partial charge in [0.15, 0.2) is 0 Å². The number of nitrogens with zero attached hydrogens (tertiary/aromatic N) is 2. The third-order valence-corrected chi connectivity index (χ3v) is 9.91. The summed E-state index contributed by atoms with van der Waals surface area (Å²) in [7, 11) is 0. The molecule has 10 heteroatoms. The van der Waals surface area contributed by atoms with Gasteiger partial charge in [0.1, 0.15) is 23.3 Å². The van der Waals surface area contributed by atoms with Crippen molar-refractivity contribution in [2.24, 2.45) is 10.8 Å². The van der Waals surface area contributed by atoms with Crippen molar-refractivity contribution < 1.29 is 37.3 Å². The second-order valence-electron chi connectivity index (χ2n) is 15.5. The van der Waals surface area contributed by atoms with Gasteiger partial charge in [0.2, 0.25) is 0 Å². The van der Waals surface area contributed by atoms with Crippen molar-refractivity contribution in [1.29, 1.82) is 0 Å². The molecular weight excluding hydrogens is 645 g/mol. The molecule has 2 aromatic carbocycles. The Hall–Kier alpha value is -4.08. The Morgan fingerprint density at radius 3 is 2.38 bits per heavy atom. The standard InChI is InChI=1S/C38H48N2O3.C2HF3O2/c1-8-42-34(41)12-10-9-11-14-40-15-13-39-36(40)35-30-18-28-24(2)20-37(4,5)22-26(28)16-32(30)43-33-17-27-23-38(6,7)21-25(3)29(27)19-31(33)35;3-2(4,5)1(6)7/h13,15-19,22,24-25H,8-12,14,20-21,23H2,1-7H3;(H,6,7)/p-1. The van der Waals surface area contributed by atoms with E-state index in [0.29, 0.717) is 24.9 Å². The minimum absolute atomic E-state index is 0.101. The second kappa shape index (κ2) is 14.3. The van der Waals surface area contributed by atoms with E-state index in [9.17, 15) is 18.0 Å². The molecule has 0 N–H and O–H groups in total. The number of carboxylic acid groups (broad SMARTS) is 1. The average molecular weight is 694 g/mol. The number of carbonyl (C=O) groups excluding carboxylic acids is 2. The summed E-state index contributed by atoms with van der Waals surface area (Å²) >= 11 is 0. The van der Waals surface area contributed by atoms with Crippen molar-refractivity contribution in [2.75, 3.05) is 6.61 Å². The van der Waals surface area contributed by atoms with Gasteiger partial charge in [-0.25, -0.2) is 4.98 Å². The van der Waals surface area contributed by atoms with Crippen LogP contribution in [-0.4, -0.2) is 34.3 Å². The van der Waals surface area contributed by atoms with Crippen LogP contribution in [0.1, 0.15) is 127 Å². The normalized spacial score (nSPS) is 19.7. The van der Waals surface area contributed by atoms with E-state index in [1.807, 2.05) is 13.1 Å². The van der Waals surface area contributed by atoms with Crippen LogP contribution in [0.25, 0.3) is 11.6 Å². The minimum atomic E-state index is -5.19. The fourth-order valence-electron chi connectivity index (χ4n) is 8.06. The number of aryl methyl sites for hydroxylation is 1. The van der Waals surface area contributed by atoms with Crippen LogP contribution in [-0.2, 0) is 27.3 Å². The third-order valence-electron chi connectivity index (χ3n) is 9.91. The number of carbonyl (C=O) groups is 2. The fraction of sp³-hybridized carbons (Fsp3) is 0.525. The number of esters is 1. The van der Waals surface area contributed by atoms with E-state index in [0.717, 1.165) is 66.8 Å². The van der Waals surface area contributed by atoms with Gasteiger partial charge < -0.3 is 23.9 Å². The van der Waals surface area contributed by atoms with Crippen LogP contribution >= 0.6 is 0 Å². The molecule has 0 bridgehead atoms. The topological polar surface area (TPSA) is 93.5 Å². The number of alkyl halides is 3. The van der Waals surface area contributed by atoms with Crippen LogP contribution in [0, 0.1) is 10.8 Å². The molecule has 2 heterocycles. The molecule has 0 saturated heterocycles. The van der Waals surface area contributed by atoms with Crippen molar-refractivity contribution in [3.63, 3.8) is 0 Å². The number of unbranched alkanes of at least 4 members (excludes halogenated alkanes) is 2. The number of hydrogen-bond acceptors (Lipinski definition) is 6. The number of halogens is 3. The molecule has 3 aromatic rings. The Labute approximate surface area is 292 Å². The summed E-state index contributed by atoms with van der Waals surface area (Å²) < 4.78 is 45.8. The Morgan fingerprint density at radius 2 is 1.70 bits per heavy atom. The molecule has 0 fully saturated rings. The Balaban J connectivity index is 0.000000630. The summed E-state index contributed by atoms with van der Waals surface area (Å²) in [6, 6.07) is 9.41. The fourth-order valence-corrected chi connectivity index (χ4v) is 8.06. The molecule has 0 amide bonds. The van der Waals surface area contributed by atoms with Gasteiger partial charge in [-0.2, -0.15) is 13.2 Å². The first-order valence-electron chi connectivity index (χ1n) is 17.6. The highest BCUT2D eigenvalue weighted by Gasteiger charge is 2.34. The molecule has 0 saturated carbocycles. The Kier molecular flexibility index (Phi) is 10.6. The molecular formula is C40H48F3N2O5-. The van der Waals surface area contributed by atoms with E-state index in [1.54, 1.807) is 0 Å². The summed E-state index contributed by atoms with van der Waals surface area (Å²) in [6.07, 6.45) is 7.92. The lowest BCUT2D eigenvalue weighted by Crippen LogP contribution is -2.37. The van der Waals surface area contributed by atoms with Gasteiger partial charge in [-0.05, 0) is 108 Å². The number of fused-ring (bicyclic) bond motifs is 4. The van der Waals surface area contributed by atoms with E-state index in [-0.39, 0.29) is 16.8 Å². The van der Waals surface area contributed by atoms with Gasteiger partial charge in [0.05, 0.1) is 6.61 Å². The lowest BCUT2D eigenvalue weighted by Gasteiger charge is -2.37. The smallest absolute Gasteiger partial charge is 0.430 e. The highest BCUT2D eigenvalue weighted by atomic mass is 19.4. The molecule has 270 valence electrons. The quantitative estimate of drug-likeness (QED) is 0.145. The maximum Gasteiger partial charge on any atom is 0.430 e. The van der Waals surface area contributed by atoms with Crippen LogP contribution in [0.4, 0.5) is 13.2 Å². The number of aromatic nitrogens is 2. The monoisotopic (exact) mass is 693 g/mol. The largest absolute Gasteiger partial charge is 0.542 e. The van der Waals surface area contributed by atoms with Crippen LogP contribution in [0.5, 0.6) is 11.5 Å². The molecule has 1 aromatic heterocycles. The predicted octanol–water partition coefficient (Wildman–Crippen LogP) is 7.05. The van der Waals surface area contributed by atoms with Crippen molar-refractivity contribution in [1.82, 2.24) is 9.55 Å². The van der Waals surface area contributed by atoms with E-state index in [1.165, 1.54) is 33.9 Å². The number of hydrogen-bond donors (Lipinski definition) is 0. The first-order valence-corrected chi connectivity index (χ1v) is 17.6. The molecule has 1 aliphatic heterocycles. The number of carboxylic acids is 1. The molecule has 3 aliphatic rings. The number of imidazole rings is 1. The molecule has 2 aliphatic carbocycles. The maximum absolute atomic E-state index is 11.8.